The van der Waals surface area contributed by atoms with E-state index in [9.17, 15) is 22.8 Å². The molecule has 222 valence electrons. The fourth-order valence-electron chi connectivity index (χ4n) is 5.39. The summed E-state index contributed by atoms with van der Waals surface area (Å²) in [5.74, 6) is -0.472. The van der Waals surface area contributed by atoms with Gasteiger partial charge < -0.3 is 16.4 Å². The number of aryl methyl sites for hydroxylation is 1. The van der Waals surface area contributed by atoms with E-state index in [1.165, 1.54) is 0 Å². The number of halogens is 3. The molecule has 2 amide bonds. The Bertz CT molecular complexity index is 1730. The van der Waals surface area contributed by atoms with Gasteiger partial charge in [0.2, 0.25) is 5.91 Å². The summed E-state index contributed by atoms with van der Waals surface area (Å²) >= 11 is 0. The first-order valence-corrected chi connectivity index (χ1v) is 13.9. The summed E-state index contributed by atoms with van der Waals surface area (Å²) in [7, 11) is 0. The average molecular weight is 591 g/mol. The molecule has 4 N–H and O–H groups in total. The molecule has 3 aromatic heterocycles. The van der Waals surface area contributed by atoms with E-state index in [1.54, 1.807) is 30.5 Å². The normalized spacial score (nSPS) is 20.1. The number of nitrogen functional groups attached to an aromatic ring is 1. The zero-order chi connectivity index (χ0) is 30.3. The molecule has 43 heavy (non-hydrogen) atoms. The monoisotopic (exact) mass is 590 g/mol. The summed E-state index contributed by atoms with van der Waals surface area (Å²) in [5, 5.41) is 11.1. The predicted octanol–water partition coefficient (Wildman–Crippen LogP) is 4.34. The number of benzene rings is 1. The molecule has 2 atom stereocenters. The quantitative estimate of drug-likeness (QED) is 0.324. The summed E-state index contributed by atoms with van der Waals surface area (Å²) in [5.41, 5.74) is 8.63. The molecule has 5 heterocycles. The highest BCUT2D eigenvalue weighted by atomic mass is 19.4. The Morgan fingerprint density at radius 2 is 1.91 bits per heavy atom. The minimum absolute atomic E-state index is 0.0362. The molecule has 0 aliphatic carbocycles. The van der Waals surface area contributed by atoms with Gasteiger partial charge in [0, 0.05) is 54.8 Å². The summed E-state index contributed by atoms with van der Waals surface area (Å²) in [6.45, 7) is 3.97. The molecule has 1 fully saturated rings. The van der Waals surface area contributed by atoms with Gasteiger partial charge in [-0.05, 0) is 44.0 Å². The second kappa shape index (κ2) is 11.1. The van der Waals surface area contributed by atoms with Crippen LogP contribution in [-0.4, -0.2) is 61.6 Å². The van der Waals surface area contributed by atoms with E-state index in [0.29, 0.717) is 42.0 Å². The third-order valence-corrected chi connectivity index (χ3v) is 7.81. The van der Waals surface area contributed by atoms with Gasteiger partial charge in [-0.15, -0.1) is 0 Å². The van der Waals surface area contributed by atoms with E-state index >= 15 is 0 Å². The molecule has 0 spiro atoms. The van der Waals surface area contributed by atoms with E-state index in [2.05, 4.69) is 25.5 Å². The Morgan fingerprint density at radius 1 is 1.12 bits per heavy atom. The number of nitrogens with zero attached hydrogens (tertiary/aromatic N) is 5. The largest absolute Gasteiger partial charge is 0.416 e. The lowest BCUT2D eigenvalue weighted by Gasteiger charge is -2.39. The van der Waals surface area contributed by atoms with Gasteiger partial charge in [0.25, 0.3) is 5.91 Å². The van der Waals surface area contributed by atoms with Gasteiger partial charge in [-0.25, -0.2) is 9.97 Å². The fraction of sp³-hybridized carbons (Fsp3) is 0.300. The summed E-state index contributed by atoms with van der Waals surface area (Å²) < 4.78 is 41.0. The highest BCUT2D eigenvalue weighted by Crippen LogP contribution is 2.35. The highest BCUT2D eigenvalue weighted by molar-refractivity contribution is 6.06. The maximum Gasteiger partial charge on any atom is 0.416 e. The molecule has 1 aromatic carbocycles. The molecule has 0 bridgehead atoms. The van der Waals surface area contributed by atoms with Gasteiger partial charge >= 0.3 is 6.18 Å². The van der Waals surface area contributed by atoms with Crippen molar-refractivity contribution in [3.05, 3.63) is 71.6 Å². The standard InChI is InChI=1S/C30H29F3N8O2/c1-17-9-14-41-26-20(3-2-12-40-13-10-22(40)29(43)37-17)16-36-27(34)24(26)25(39-41)18-4-6-19(7-5-18)28(42)38-23-15-21(8-11-35-23)30(31,32)33/h2-8,11,15-17,22H,9-10,12-14H2,1H3,(H2,34,36)(H,37,43)(H,35,38,42)/b3-2+/t17-,22+/m1/s1. The van der Waals surface area contributed by atoms with E-state index < -0.39 is 17.6 Å². The van der Waals surface area contributed by atoms with E-state index in [1.807, 2.05) is 23.8 Å². The number of rotatable bonds is 3. The van der Waals surface area contributed by atoms with Gasteiger partial charge in [0.05, 0.1) is 22.5 Å². The first-order valence-electron chi connectivity index (χ1n) is 13.9. The van der Waals surface area contributed by atoms with Crippen LogP contribution < -0.4 is 16.4 Å². The topological polar surface area (TPSA) is 131 Å². The Hall–Kier alpha value is -4.78. The minimum Gasteiger partial charge on any atom is -0.383 e. The van der Waals surface area contributed by atoms with Crippen LogP contribution in [0.3, 0.4) is 0 Å². The van der Waals surface area contributed by atoms with Crippen LogP contribution in [0.5, 0.6) is 0 Å². The maximum atomic E-state index is 13.0. The Balaban J connectivity index is 1.31. The Morgan fingerprint density at radius 3 is 2.63 bits per heavy atom. The van der Waals surface area contributed by atoms with Crippen LogP contribution in [0, 0.1) is 0 Å². The van der Waals surface area contributed by atoms with Crippen molar-refractivity contribution in [3.63, 3.8) is 0 Å². The summed E-state index contributed by atoms with van der Waals surface area (Å²) in [6, 6.07) is 7.95. The zero-order valence-corrected chi connectivity index (χ0v) is 23.2. The second-order valence-corrected chi connectivity index (χ2v) is 10.8. The van der Waals surface area contributed by atoms with Crippen molar-refractivity contribution in [1.82, 2.24) is 30.0 Å². The van der Waals surface area contributed by atoms with Gasteiger partial charge in [-0.3, -0.25) is 19.2 Å². The van der Waals surface area contributed by atoms with Crippen molar-refractivity contribution in [2.75, 3.05) is 24.1 Å². The van der Waals surface area contributed by atoms with Gasteiger partial charge in [0.1, 0.15) is 17.3 Å². The lowest BCUT2D eigenvalue weighted by molar-refractivity contribution is -0.137. The molecule has 4 aromatic rings. The lowest BCUT2D eigenvalue weighted by Crippen LogP contribution is -2.57. The van der Waals surface area contributed by atoms with Crippen LogP contribution in [0.4, 0.5) is 24.8 Å². The molecular weight excluding hydrogens is 561 g/mol. The first-order chi connectivity index (χ1) is 20.6. The molecular formula is C30H29F3N8O2. The van der Waals surface area contributed by atoms with Crippen molar-refractivity contribution in [2.45, 2.75) is 44.6 Å². The fourth-order valence-corrected chi connectivity index (χ4v) is 5.39. The van der Waals surface area contributed by atoms with Crippen molar-refractivity contribution in [3.8, 4) is 11.3 Å². The smallest absolute Gasteiger partial charge is 0.383 e. The van der Waals surface area contributed by atoms with Crippen LogP contribution in [0.25, 0.3) is 28.2 Å². The van der Waals surface area contributed by atoms with Crippen molar-refractivity contribution >= 4 is 40.4 Å². The lowest BCUT2D eigenvalue weighted by atomic mass is 10.0. The first kappa shape index (κ1) is 28.3. The number of hydrogen-bond donors (Lipinski definition) is 3. The number of carbonyl (C=O) groups excluding carboxylic acids is 2. The van der Waals surface area contributed by atoms with Crippen LogP contribution in [-0.2, 0) is 17.5 Å². The number of carbonyl (C=O) groups is 2. The van der Waals surface area contributed by atoms with Crippen molar-refractivity contribution in [1.29, 1.82) is 0 Å². The number of aromatic nitrogens is 4. The SMILES string of the molecule is C[C@@H]1CCn2nc(-c3ccc(C(=O)Nc4cc(C(F)(F)F)ccn4)cc3)c3c(N)ncc(c32)/C=C/CN2CC[C@H]2C(=O)N1. The number of alkyl halides is 3. The molecule has 2 aliphatic heterocycles. The second-order valence-electron chi connectivity index (χ2n) is 10.8. The molecule has 6 rings (SSSR count). The number of nitrogens with one attached hydrogen (secondary N) is 2. The predicted molar refractivity (Wildman–Crippen MR) is 156 cm³/mol. The van der Waals surface area contributed by atoms with Crippen molar-refractivity contribution < 1.29 is 22.8 Å². The number of amides is 2. The molecule has 13 heteroatoms. The summed E-state index contributed by atoms with van der Waals surface area (Å²) in [6.07, 6.45) is 3.62. The third-order valence-electron chi connectivity index (χ3n) is 7.81. The van der Waals surface area contributed by atoms with Crippen LogP contribution in [0.15, 0.2) is 54.9 Å². The maximum absolute atomic E-state index is 13.0. The molecule has 2 aliphatic rings. The molecule has 0 unspecified atom stereocenters. The van der Waals surface area contributed by atoms with E-state index in [4.69, 9.17) is 10.8 Å². The number of nitrogens with two attached hydrogens (primary N) is 1. The highest BCUT2D eigenvalue weighted by Gasteiger charge is 2.34. The number of anilines is 2. The van der Waals surface area contributed by atoms with Gasteiger partial charge in [-0.1, -0.05) is 24.3 Å². The van der Waals surface area contributed by atoms with Crippen LogP contribution in [0.1, 0.15) is 41.3 Å². The van der Waals surface area contributed by atoms with Gasteiger partial charge in [-0.2, -0.15) is 18.3 Å². The Labute approximate surface area is 244 Å². The van der Waals surface area contributed by atoms with Crippen molar-refractivity contribution in [2.24, 2.45) is 0 Å². The molecule has 0 radical (unpaired) electrons. The van der Waals surface area contributed by atoms with Crippen LogP contribution in [0.2, 0.25) is 0 Å². The van der Waals surface area contributed by atoms with E-state index in [0.717, 1.165) is 42.4 Å². The van der Waals surface area contributed by atoms with E-state index in [-0.39, 0.29) is 29.4 Å². The number of hydrogen-bond acceptors (Lipinski definition) is 7. The third kappa shape index (κ3) is 5.67. The number of pyridine rings is 2. The molecule has 10 nitrogen and oxygen atoms in total. The van der Waals surface area contributed by atoms with Crippen LogP contribution >= 0.6 is 0 Å². The number of fused-ring (bicyclic) bond motifs is 1. The average Bonchev–Trinajstić information content (AvgIpc) is 3.34. The van der Waals surface area contributed by atoms with Gasteiger partial charge in [0.15, 0.2) is 0 Å². The Kier molecular flexibility index (Phi) is 7.34. The summed E-state index contributed by atoms with van der Waals surface area (Å²) in [4.78, 5) is 35.9. The molecule has 0 saturated carbocycles. The molecule has 1 saturated heterocycles. The zero-order valence-electron chi connectivity index (χ0n) is 23.2. The minimum atomic E-state index is -4.55.